The predicted octanol–water partition coefficient (Wildman–Crippen LogP) is -1.50. The Balaban J connectivity index is 1.17. The molecule has 22 nitrogen and oxygen atoms in total. The van der Waals surface area contributed by atoms with Crippen molar-refractivity contribution in [3.63, 3.8) is 0 Å². The van der Waals surface area contributed by atoms with Crippen LogP contribution in [0.4, 0.5) is 11.8 Å². The number of anilines is 2. The lowest BCUT2D eigenvalue weighted by Crippen LogP contribution is -2.36. The van der Waals surface area contributed by atoms with Crippen molar-refractivity contribution in [2.24, 2.45) is 0 Å². The highest BCUT2D eigenvalue weighted by Crippen LogP contribution is 2.51. The van der Waals surface area contributed by atoms with Gasteiger partial charge < -0.3 is 54.7 Å². The number of phosphoric ester groups is 1. The third-order valence-corrected chi connectivity index (χ3v) is 9.25. The van der Waals surface area contributed by atoms with E-state index in [0.717, 1.165) is 0 Å². The molecule has 0 spiro atoms. The fourth-order valence-electron chi connectivity index (χ4n) is 5.39. The lowest BCUT2D eigenvalue weighted by atomic mass is 10.1. The molecule has 7 rings (SSSR count). The lowest BCUT2D eigenvalue weighted by molar-refractivity contribution is -0.0632. The van der Waals surface area contributed by atoms with Gasteiger partial charge in [0.05, 0.1) is 25.9 Å². The summed E-state index contributed by atoms with van der Waals surface area (Å²) >= 11 is 0. The van der Waals surface area contributed by atoms with Crippen LogP contribution in [0.5, 0.6) is 5.88 Å². The third kappa shape index (κ3) is 5.86. The normalized spacial score (nSPS) is 34.7. The minimum atomic E-state index is -4.98. The van der Waals surface area contributed by atoms with E-state index in [1.165, 1.54) is 28.1 Å². The maximum absolute atomic E-state index is 13.1. The van der Waals surface area contributed by atoms with E-state index in [2.05, 4.69) is 35.8 Å². The molecular weight excluding hydrogens is 670 g/mol. The SMILES string of the molecule is C#CCOc1nc(N)nc2c1ncn2C1OC2COP(=O)(O)OC3C(COP(O)OC1C2O)OC(n1cnc2c(N)ncnc21)C3O. The van der Waals surface area contributed by atoms with Crippen LogP contribution in [0.2, 0.25) is 0 Å². The molecule has 4 aromatic rings. The van der Waals surface area contributed by atoms with Gasteiger partial charge in [-0.15, -0.1) is 6.42 Å². The molecule has 0 aromatic carbocycles. The predicted molar refractivity (Wildman–Crippen MR) is 154 cm³/mol. The molecule has 7 heterocycles. The summed E-state index contributed by atoms with van der Waals surface area (Å²) in [5.41, 5.74) is 12.4. The first-order valence-electron chi connectivity index (χ1n) is 13.7. The van der Waals surface area contributed by atoms with Gasteiger partial charge in [-0.3, -0.25) is 18.2 Å². The zero-order chi connectivity index (χ0) is 33.0. The van der Waals surface area contributed by atoms with Gasteiger partial charge >= 0.3 is 16.4 Å². The van der Waals surface area contributed by atoms with E-state index in [1.54, 1.807) is 0 Å². The van der Waals surface area contributed by atoms with Crippen molar-refractivity contribution in [3.05, 3.63) is 19.0 Å². The highest BCUT2D eigenvalue weighted by Gasteiger charge is 2.52. The number of fused-ring (bicyclic) bond motifs is 5. The van der Waals surface area contributed by atoms with Crippen LogP contribution in [0.1, 0.15) is 12.5 Å². The topological polar surface area (TPSA) is 302 Å². The van der Waals surface area contributed by atoms with Crippen LogP contribution < -0.4 is 16.2 Å². The number of ether oxygens (including phenoxy) is 3. The average Bonchev–Trinajstić information content (AvgIpc) is 3.79. The van der Waals surface area contributed by atoms with Gasteiger partial charge in [0.1, 0.15) is 48.5 Å². The summed E-state index contributed by atoms with van der Waals surface area (Å²) in [5.74, 6) is 2.18. The summed E-state index contributed by atoms with van der Waals surface area (Å²) in [6, 6.07) is 0. The Hall–Kier alpha value is -3.68. The summed E-state index contributed by atoms with van der Waals surface area (Å²) in [5, 5.41) is 22.3. The highest BCUT2D eigenvalue weighted by molar-refractivity contribution is 7.47. The molecule has 8 N–H and O–H groups in total. The van der Waals surface area contributed by atoms with E-state index >= 15 is 0 Å². The summed E-state index contributed by atoms with van der Waals surface area (Å²) in [6.45, 7) is -1.35. The molecule has 0 aliphatic carbocycles. The van der Waals surface area contributed by atoms with Gasteiger partial charge in [0, 0.05) is 0 Å². The molecule has 3 aliphatic heterocycles. The molecule has 3 fully saturated rings. The van der Waals surface area contributed by atoms with E-state index in [0.29, 0.717) is 0 Å². The quantitative estimate of drug-likeness (QED) is 0.104. The standard InChI is InChI=1S/C23H26N10O12P2/c1-2-3-39-20-12-19(30-23(25)31-20)33(8-29-12)22-16-13(34)9(42-22)5-41-47(37,38)45-15-10(4-40-46(36)44-16)43-21(14(15)35)32-7-28-11-17(24)26-6-27-18(11)32/h1,6-10,13-16,21-22,34-36H,3-5H2,(H,37,38)(H2,24,26,27)(H2,25,30,31). The molecule has 0 radical (unpaired) electrons. The van der Waals surface area contributed by atoms with Crippen molar-refractivity contribution >= 4 is 50.5 Å². The van der Waals surface area contributed by atoms with Crippen LogP contribution in [-0.4, -0.2) is 115 Å². The smallest absolute Gasteiger partial charge is 0.463 e. The number of nitrogens with zero attached hydrogens (tertiary/aromatic N) is 8. The number of aliphatic hydroxyl groups excluding tert-OH is 2. The molecule has 24 heteroatoms. The second-order valence-corrected chi connectivity index (χ2v) is 12.7. The van der Waals surface area contributed by atoms with E-state index in [4.69, 9.17) is 50.2 Å². The van der Waals surface area contributed by atoms with Crippen molar-refractivity contribution in [1.82, 2.24) is 39.0 Å². The molecule has 47 heavy (non-hydrogen) atoms. The van der Waals surface area contributed by atoms with Gasteiger partial charge in [-0.05, 0) is 0 Å². The number of aromatic nitrogens is 8. The van der Waals surface area contributed by atoms with E-state index in [1.807, 2.05) is 0 Å². The summed E-state index contributed by atoms with van der Waals surface area (Å²) in [6.07, 6.45) is -2.10. The molecule has 4 aromatic heterocycles. The average molecular weight is 696 g/mol. The van der Waals surface area contributed by atoms with Crippen LogP contribution in [0.25, 0.3) is 22.3 Å². The summed E-state index contributed by atoms with van der Waals surface area (Å²) in [4.78, 5) is 46.1. The Morgan fingerprint density at radius 3 is 2.53 bits per heavy atom. The fourth-order valence-corrected chi connectivity index (χ4v) is 7.13. The third-order valence-electron chi connectivity index (χ3n) is 7.47. The van der Waals surface area contributed by atoms with Gasteiger partial charge in [-0.25, -0.2) is 24.5 Å². The van der Waals surface area contributed by atoms with Gasteiger partial charge in [-0.1, -0.05) is 5.92 Å². The van der Waals surface area contributed by atoms with Crippen LogP contribution >= 0.6 is 16.4 Å². The Bertz CT molecular complexity index is 1890. The minimum absolute atomic E-state index is 0.0143. The first-order chi connectivity index (χ1) is 22.5. The zero-order valence-corrected chi connectivity index (χ0v) is 25.5. The molecule has 2 bridgehead atoms. The first-order valence-corrected chi connectivity index (χ1v) is 16.3. The molecule has 3 aliphatic rings. The highest BCUT2D eigenvalue weighted by atomic mass is 31.2. The van der Waals surface area contributed by atoms with Crippen molar-refractivity contribution in [3.8, 4) is 18.2 Å². The number of terminal acetylenes is 1. The number of imidazole rings is 2. The number of nitrogen functional groups attached to an aromatic ring is 2. The molecule has 3 saturated heterocycles. The minimum Gasteiger partial charge on any atom is -0.463 e. The number of hydrogen-bond acceptors (Lipinski definition) is 19. The summed E-state index contributed by atoms with van der Waals surface area (Å²) < 4.78 is 54.9. The van der Waals surface area contributed by atoms with Crippen LogP contribution in [0, 0.1) is 12.3 Å². The largest absolute Gasteiger partial charge is 0.472 e. The molecule has 10 unspecified atom stereocenters. The Morgan fingerprint density at radius 1 is 1.00 bits per heavy atom. The fraction of sp³-hybridized carbons (Fsp3) is 0.478. The lowest BCUT2D eigenvalue weighted by Gasteiger charge is -2.25. The van der Waals surface area contributed by atoms with Crippen molar-refractivity contribution in [2.45, 2.75) is 49.1 Å². The van der Waals surface area contributed by atoms with Gasteiger partial charge in [0.2, 0.25) is 11.8 Å². The second-order valence-electron chi connectivity index (χ2n) is 10.3. The molecule has 250 valence electrons. The van der Waals surface area contributed by atoms with Crippen LogP contribution in [0.3, 0.4) is 0 Å². The number of hydrogen-bond donors (Lipinski definition) is 6. The Labute approximate surface area is 264 Å². The van der Waals surface area contributed by atoms with Crippen LogP contribution in [-0.2, 0) is 32.1 Å². The Kier molecular flexibility index (Phi) is 8.42. The van der Waals surface area contributed by atoms with E-state index < -0.39 is 78.7 Å². The molecule has 10 atom stereocenters. The number of aliphatic hydroxyl groups is 2. The van der Waals surface area contributed by atoms with Crippen molar-refractivity contribution in [2.75, 3.05) is 31.3 Å². The summed E-state index contributed by atoms with van der Waals surface area (Å²) in [7, 11) is -7.76. The van der Waals surface area contributed by atoms with Gasteiger partial charge in [0.25, 0.3) is 0 Å². The molecular formula is C23H26N10O12P2. The maximum atomic E-state index is 13.1. The van der Waals surface area contributed by atoms with Crippen molar-refractivity contribution in [1.29, 1.82) is 0 Å². The Morgan fingerprint density at radius 2 is 1.74 bits per heavy atom. The van der Waals surface area contributed by atoms with Gasteiger partial charge in [0.15, 0.2) is 41.7 Å². The second kappa shape index (κ2) is 12.4. The zero-order valence-electron chi connectivity index (χ0n) is 23.7. The van der Waals surface area contributed by atoms with E-state index in [9.17, 15) is 24.6 Å². The molecule has 0 amide bonds. The monoisotopic (exact) mass is 696 g/mol. The van der Waals surface area contributed by atoms with Crippen molar-refractivity contribution < 1.29 is 56.9 Å². The maximum Gasteiger partial charge on any atom is 0.472 e. The number of rotatable bonds is 4. The number of phosphoric acid groups is 1. The number of nitrogens with two attached hydrogens (primary N) is 2. The molecule has 0 saturated carbocycles. The first kappa shape index (κ1) is 31.9. The van der Waals surface area contributed by atoms with E-state index in [-0.39, 0.29) is 46.6 Å². The van der Waals surface area contributed by atoms with Gasteiger partial charge in [-0.2, -0.15) is 9.97 Å². The van der Waals surface area contributed by atoms with Crippen LogP contribution in [0.15, 0.2) is 19.0 Å².